The van der Waals surface area contributed by atoms with E-state index in [0.29, 0.717) is 38.3 Å². The van der Waals surface area contributed by atoms with E-state index in [0.717, 1.165) is 12.0 Å². The molecule has 0 aromatic heterocycles. The van der Waals surface area contributed by atoms with Crippen LogP contribution in [0.15, 0.2) is 53.0 Å². The quantitative estimate of drug-likeness (QED) is 0.381. The maximum Gasteiger partial charge on any atom is 0.259 e. The van der Waals surface area contributed by atoms with Gasteiger partial charge in [-0.05, 0) is 88.8 Å². The van der Waals surface area contributed by atoms with Crippen LogP contribution in [0.25, 0.3) is 0 Å². The zero-order chi connectivity index (χ0) is 24.6. The first-order chi connectivity index (χ1) is 16.8. The molecule has 2 saturated carbocycles. The Kier molecular flexibility index (Phi) is 5.34. The molecule has 1 saturated heterocycles. The molecule has 3 amide bonds. The second-order valence-electron chi connectivity index (χ2n) is 9.92. The fourth-order valence-corrected chi connectivity index (χ4v) is 7.00. The number of aryl methyl sites for hydroxylation is 1. The highest BCUT2D eigenvalue weighted by Crippen LogP contribution is 2.65. The van der Waals surface area contributed by atoms with Crippen molar-refractivity contribution in [1.82, 2.24) is 4.90 Å². The SMILES string of the molecule is COc1cccc(C(=O)N(CN2C(=O)C3C4C=CC(C5CC45)C3C2=O)c2cc(Cl)c(Br)cc2C)c1. The van der Waals surface area contributed by atoms with Crippen molar-refractivity contribution in [3.05, 3.63) is 69.2 Å². The van der Waals surface area contributed by atoms with Crippen LogP contribution in [0.1, 0.15) is 22.3 Å². The number of hydrogen-bond donors (Lipinski definition) is 0. The third-order valence-corrected chi connectivity index (χ3v) is 9.33. The standard InChI is InChI=1S/C27H24BrClN2O4/c1-13-8-20(28)21(29)11-22(13)30(25(32)14-4-3-5-15(9-14)35-2)12-31-26(33)23-16-6-7-17(19-10-18(16)19)24(23)27(31)34/h3-9,11,16-19,23-24H,10,12H2,1-2H3. The Bertz CT molecular complexity index is 1270. The number of ether oxygens (including phenoxy) is 1. The molecule has 4 aliphatic carbocycles. The third kappa shape index (κ3) is 3.46. The van der Waals surface area contributed by atoms with Gasteiger partial charge in [0.2, 0.25) is 11.8 Å². The molecule has 7 rings (SSSR count). The summed E-state index contributed by atoms with van der Waals surface area (Å²) >= 11 is 9.84. The van der Waals surface area contributed by atoms with Crippen molar-refractivity contribution in [1.29, 1.82) is 0 Å². The van der Waals surface area contributed by atoms with Crippen molar-refractivity contribution >= 4 is 50.9 Å². The summed E-state index contributed by atoms with van der Waals surface area (Å²) in [7, 11) is 1.54. The van der Waals surface area contributed by atoms with Gasteiger partial charge >= 0.3 is 0 Å². The van der Waals surface area contributed by atoms with E-state index < -0.39 is 0 Å². The molecule has 0 radical (unpaired) electrons. The van der Waals surface area contributed by atoms with Crippen molar-refractivity contribution < 1.29 is 19.1 Å². The largest absolute Gasteiger partial charge is 0.497 e. The molecule has 180 valence electrons. The van der Waals surface area contributed by atoms with Gasteiger partial charge in [0.15, 0.2) is 0 Å². The first-order valence-corrected chi connectivity index (χ1v) is 12.9. The Balaban J connectivity index is 1.38. The third-order valence-electron chi connectivity index (χ3n) is 8.13. The minimum Gasteiger partial charge on any atom is -0.497 e. The number of anilines is 1. The molecule has 2 bridgehead atoms. The molecule has 3 fully saturated rings. The van der Waals surface area contributed by atoms with Crippen LogP contribution in [0, 0.1) is 42.4 Å². The summed E-state index contributed by atoms with van der Waals surface area (Å²) in [5.74, 6) is 0.519. The normalized spacial score (nSPS) is 29.8. The van der Waals surface area contributed by atoms with Gasteiger partial charge in [0.1, 0.15) is 12.4 Å². The molecule has 1 heterocycles. The van der Waals surface area contributed by atoms with E-state index in [1.54, 1.807) is 30.3 Å². The molecule has 5 aliphatic rings. The first-order valence-electron chi connectivity index (χ1n) is 11.7. The molecule has 35 heavy (non-hydrogen) atoms. The minimum atomic E-state index is -0.343. The first kappa shape index (κ1) is 22.8. The van der Waals surface area contributed by atoms with E-state index in [9.17, 15) is 14.4 Å². The zero-order valence-electron chi connectivity index (χ0n) is 19.3. The molecule has 6 atom stereocenters. The summed E-state index contributed by atoms with van der Waals surface area (Å²) in [6.45, 7) is 1.71. The highest BCUT2D eigenvalue weighted by atomic mass is 79.9. The lowest BCUT2D eigenvalue weighted by Gasteiger charge is -2.37. The Morgan fingerprint density at radius 2 is 1.77 bits per heavy atom. The Morgan fingerprint density at radius 3 is 2.40 bits per heavy atom. The molecular formula is C27H24BrClN2O4. The lowest BCUT2D eigenvalue weighted by atomic mass is 9.63. The zero-order valence-corrected chi connectivity index (χ0v) is 21.6. The fraction of sp³-hybridized carbons (Fsp3) is 0.370. The lowest BCUT2D eigenvalue weighted by molar-refractivity contribution is -0.140. The molecule has 0 N–H and O–H groups in total. The maximum atomic E-state index is 13.8. The number of hydrogen-bond acceptors (Lipinski definition) is 4. The molecule has 6 nitrogen and oxygen atoms in total. The van der Waals surface area contributed by atoms with Crippen molar-refractivity contribution in [3.63, 3.8) is 0 Å². The molecule has 2 aromatic carbocycles. The second kappa shape index (κ2) is 8.20. The van der Waals surface area contributed by atoms with Crippen LogP contribution in [0.2, 0.25) is 5.02 Å². The summed E-state index contributed by atoms with van der Waals surface area (Å²) in [6.07, 6.45) is 5.39. The van der Waals surface area contributed by atoms with Crippen molar-refractivity contribution in [2.75, 3.05) is 18.7 Å². The smallest absolute Gasteiger partial charge is 0.259 e. The number of carbonyl (C=O) groups excluding carboxylic acids is 3. The molecular weight excluding hydrogens is 532 g/mol. The van der Waals surface area contributed by atoms with Crippen LogP contribution in [-0.2, 0) is 9.59 Å². The van der Waals surface area contributed by atoms with E-state index in [1.165, 1.54) is 16.9 Å². The minimum absolute atomic E-state index is 0.128. The van der Waals surface area contributed by atoms with Gasteiger partial charge in [0.25, 0.3) is 5.91 Å². The second-order valence-corrected chi connectivity index (χ2v) is 11.2. The van der Waals surface area contributed by atoms with Gasteiger partial charge in [-0.15, -0.1) is 0 Å². The number of nitrogens with zero attached hydrogens (tertiary/aromatic N) is 2. The fourth-order valence-electron chi connectivity index (χ4n) is 6.39. The van der Waals surface area contributed by atoms with E-state index in [1.807, 2.05) is 13.0 Å². The van der Waals surface area contributed by atoms with Crippen LogP contribution in [-0.4, -0.2) is 36.4 Å². The van der Waals surface area contributed by atoms with E-state index in [2.05, 4.69) is 28.1 Å². The Hall–Kier alpha value is -2.64. The van der Waals surface area contributed by atoms with Crippen LogP contribution in [0.4, 0.5) is 5.69 Å². The summed E-state index contributed by atoms with van der Waals surface area (Å²) in [5.41, 5.74) is 1.73. The topological polar surface area (TPSA) is 66.9 Å². The van der Waals surface area contributed by atoms with Gasteiger partial charge < -0.3 is 4.74 Å². The number of carbonyl (C=O) groups is 3. The van der Waals surface area contributed by atoms with Crippen LogP contribution in [0.5, 0.6) is 5.75 Å². The molecule has 1 aliphatic heterocycles. The highest BCUT2D eigenvalue weighted by molar-refractivity contribution is 9.10. The summed E-state index contributed by atoms with van der Waals surface area (Å²) in [5, 5.41) is 0.434. The molecule has 8 heteroatoms. The summed E-state index contributed by atoms with van der Waals surface area (Å²) < 4.78 is 6.01. The summed E-state index contributed by atoms with van der Waals surface area (Å²) in [6, 6.07) is 10.4. The monoisotopic (exact) mass is 554 g/mol. The van der Waals surface area contributed by atoms with Crippen molar-refractivity contribution in [2.45, 2.75) is 13.3 Å². The Labute approximate surface area is 217 Å². The maximum absolute atomic E-state index is 13.8. The predicted molar refractivity (Wildman–Crippen MR) is 135 cm³/mol. The number of likely N-dealkylation sites (tertiary alicyclic amines) is 1. The summed E-state index contributed by atoms with van der Waals surface area (Å²) in [4.78, 5) is 43.8. The number of imide groups is 1. The van der Waals surface area contributed by atoms with Crippen molar-refractivity contribution in [3.8, 4) is 5.75 Å². The van der Waals surface area contributed by atoms with Gasteiger partial charge in [0, 0.05) is 10.0 Å². The average molecular weight is 556 g/mol. The predicted octanol–water partition coefficient (Wildman–Crippen LogP) is 5.08. The number of rotatable bonds is 5. The number of amides is 3. The van der Waals surface area contributed by atoms with E-state index >= 15 is 0 Å². The van der Waals surface area contributed by atoms with E-state index in [-0.39, 0.29) is 48.1 Å². The lowest BCUT2D eigenvalue weighted by Crippen LogP contribution is -2.45. The highest BCUT2D eigenvalue weighted by Gasteiger charge is 2.67. The Morgan fingerprint density at radius 1 is 1.11 bits per heavy atom. The van der Waals surface area contributed by atoms with Gasteiger partial charge in [0.05, 0.1) is 29.7 Å². The number of methoxy groups -OCH3 is 1. The van der Waals surface area contributed by atoms with Gasteiger partial charge in [-0.3, -0.25) is 24.2 Å². The van der Waals surface area contributed by atoms with E-state index in [4.69, 9.17) is 16.3 Å². The number of allylic oxidation sites excluding steroid dienone is 2. The van der Waals surface area contributed by atoms with Gasteiger partial charge in [-0.25, -0.2) is 0 Å². The average Bonchev–Trinajstić information content (AvgIpc) is 3.64. The van der Waals surface area contributed by atoms with Crippen LogP contribution in [0.3, 0.4) is 0 Å². The van der Waals surface area contributed by atoms with Crippen LogP contribution < -0.4 is 9.64 Å². The van der Waals surface area contributed by atoms with Crippen LogP contribution >= 0.6 is 27.5 Å². The number of benzene rings is 2. The van der Waals surface area contributed by atoms with Crippen molar-refractivity contribution in [2.24, 2.45) is 35.5 Å². The van der Waals surface area contributed by atoms with Gasteiger partial charge in [-0.2, -0.15) is 0 Å². The molecule has 6 unspecified atom stereocenters. The molecule has 0 spiro atoms. The van der Waals surface area contributed by atoms with Gasteiger partial charge in [-0.1, -0.05) is 29.8 Å². The number of halogens is 2. The molecule has 2 aromatic rings.